The number of nitrogens with zero attached hydrogens (tertiary/aromatic N) is 1. The van der Waals surface area contributed by atoms with Crippen molar-refractivity contribution >= 4 is 23.2 Å². The summed E-state index contributed by atoms with van der Waals surface area (Å²) in [4.78, 5) is 25.6. The highest BCUT2D eigenvalue weighted by Crippen LogP contribution is 2.34. The number of hydrogen-bond donors (Lipinski definition) is 1. The molecule has 0 spiro atoms. The molecule has 1 atom stereocenters. The summed E-state index contributed by atoms with van der Waals surface area (Å²) < 4.78 is 19.1. The van der Waals surface area contributed by atoms with Crippen LogP contribution in [0.3, 0.4) is 0 Å². The van der Waals surface area contributed by atoms with Gasteiger partial charge >= 0.3 is 0 Å². The number of benzene rings is 2. The Labute approximate surface area is 132 Å². The predicted octanol–water partition coefficient (Wildman–Crippen LogP) is 2.82. The molecule has 1 unspecified atom stereocenters. The molecule has 1 N–H and O–H groups in total. The summed E-state index contributed by atoms with van der Waals surface area (Å²) in [5.74, 6) is -0.662. The van der Waals surface area contributed by atoms with Gasteiger partial charge in [0.05, 0.1) is 11.4 Å². The quantitative estimate of drug-likeness (QED) is 0.927. The molecule has 0 aromatic heterocycles. The van der Waals surface area contributed by atoms with Gasteiger partial charge in [0.1, 0.15) is 11.6 Å². The van der Waals surface area contributed by atoms with Crippen LogP contribution in [0.5, 0.6) is 5.75 Å². The Balaban J connectivity index is 1.87. The maximum atomic E-state index is 13.6. The number of amides is 2. The van der Waals surface area contributed by atoms with E-state index in [9.17, 15) is 14.0 Å². The van der Waals surface area contributed by atoms with Crippen LogP contribution in [0.1, 0.15) is 17.3 Å². The summed E-state index contributed by atoms with van der Waals surface area (Å²) in [7, 11) is 1.65. The number of hydrogen-bond acceptors (Lipinski definition) is 3. The van der Waals surface area contributed by atoms with Gasteiger partial charge in [-0.3, -0.25) is 9.59 Å². The van der Waals surface area contributed by atoms with Gasteiger partial charge in [0, 0.05) is 12.6 Å². The van der Waals surface area contributed by atoms with Gasteiger partial charge in [-0.05, 0) is 37.3 Å². The zero-order valence-electron chi connectivity index (χ0n) is 12.7. The van der Waals surface area contributed by atoms with Crippen molar-refractivity contribution in [3.8, 4) is 5.75 Å². The molecule has 1 aliphatic rings. The molecule has 2 aromatic rings. The van der Waals surface area contributed by atoms with E-state index in [2.05, 4.69) is 5.32 Å². The van der Waals surface area contributed by atoms with E-state index in [0.717, 1.165) is 0 Å². The Morgan fingerprint density at radius 1 is 1.26 bits per heavy atom. The minimum Gasteiger partial charge on any atom is -0.479 e. The van der Waals surface area contributed by atoms with Crippen molar-refractivity contribution < 1.29 is 18.7 Å². The molecule has 3 rings (SSSR count). The van der Waals surface area contributed by atoms with Gasteiger partial charge in [-0.25, -0.2) is 4.39 Å². The third kappa shape index (κ3) is 2.75. The molecule has 2 amide bonds. The normalized spacial score (nSPS) is 16.6. The zero-order valence-corrected chi connectivity index (χ0v) is 12.7. The first kappa shape index (κ1) is 15.0. The van der Waals surface area contributed by atoms with Gasteiger partial charge in [-0.1, -0.05) is 12.1 Å². The Hall–Kier alpha value is -2.89. The van der Waals surface area contributed by atoms with Crippen molar-refractivity contribution in [3.63, 3.8) is 0 Å². The Kier molecular flexibility index (Phi) is 3.73. The molecule has 0 fully saturated rings. The molecule has 5 nitrogen and oxygen atoms in total. The minimum atomic E-state index is -0.614. The van der Waals surface area contributed by atoms with E-state index in [1.807, 2.05) is 0 Å². The molecule has 0 saturated carbocycles. The van der Waals surface area contributed by atoms with Gasteiger partial charge in [-0.15, -0.1) is 0 Å². The molecule has 1 aliphatic heterocycles. The largest absolute Gasteiger partial charge is 0.479 e. The molecule has 23 heavy (non-hydrogen) atoms. The number of para-hydroxylation sites is 1. The first-order valence-electron chi connectivity index (χ1n) is 7.11. The highest BCUT2D eigenvalue weighted by Gasteiger charge is 2.29. The van der Waals surface area contributed by atoms with Crippen molar-refractivity contribution in [1.29, 1.82) is 0 Å². The topological polar surface area (TPSA) is 58.6 Å². The van der Waals surface area contributed by atoms with E-state index < -0.39 is 17.8 Å². The third-order valence-electron chi connectivity index (χ3n) is 3.69. The first-order chi connectivity index (χ1) is 11.0. The fourth-order valence-electron chi connectivity index (χ4n) is 2.42. The van der Waals surface area contributed by atoms with E-state index in [-0.39, 0.29) is 11.6 Å². The second-order valence-corrected chi connectivity index (χ2v) is 5.27. The van der Waals surface area contributed by atoms with E-state index in [1.54, 1.807) is 44.3 Å². The number of carbonyl (C=O) groups is 2. The monoisotopic (exact) mass is 314 g/mol. The Morgan fingerprint density at radius 2 is 2.00 bits per heavy atom. The average Bonchev–Trinajstić information content (AvgIpc) is 2.54. The van der Waals surface area contributed by atoms with Crippen molar-refractivity contribution in [2.45, 2.75) is 13.0 Å². The zero-order chi connectivity index (χ0) is 16.6. The third-order valence-corrected chi connectivity index (χ3v) is 3.69. The van der Waals surface area contributed by atoms with E-state index >= 15 is 0 Å². The maximum Gasteiger partial charge on any atom is 0.267 e. The number of fused-ring (bicyclic) bond motifs is 1. The molecule has 2 aromatic carbocycles. The molecule has 0 bridgehead atoms. The lowest BCUT2D eigenvalue weighted by Crippen LogP contribution is -2.42. The van der Waals surface area contributed by atoms with Crippen LogP contribution in [0, 0.1) is 5.82 Å². The van der Waals surface area contributed by atoms with Crippen LogP contribution in [0.15, 0.2) is 42.5 Å². The Morgan fingerprint density at radius 3 is 2.74 bits per heavy atom. The summed E-state index contributed by atoms with van der Waals surface area (Å²) in [5, 5.41) is 2.51. The average molecular weight is 314 g/mol. The fourth-order valence-corrected chi connectivity index (χ4v) is 2.42. The predicted molar refractivity (Wildman–Crippen MR) is 84.3 cm³/mol. The summed E-state index contributed by atoms with van der Waals surface area (Å²) in [5.41, 5.74) is 1.02. The lowest BCUT2D eigenvalue weighted by molar-refractivity contribution is -0.125. The molecule has 118 valence electrons. The van der Waals surface area contributed by atoms with Crippen LogP contribution in [-0.2, 0) is 4.79 Å². The molecule has 0 radical (unpaired) electrons. The van der Waals surface area contributed by atoms with E-state index in [1.165, 1.54) is 17.0 Å². The van der Waals surface area contributed by atoms with Crippen LogP contribution in [0.2, 0.25) is 0 Å². The first-order valence-corrected chi connectivity index (χ1v) is 7.11. The number of likely N-dealkylation sites (N-methyl/N-ethyl adjacent to an activating group) is 1. The smallest absolute Gasteiger partial charge is 0.267 e. The van der Waals surface area contributed by atoms with E-state index in [4.69, 9.17) is 4.74 Å². The fraction of sp³-hybridized carbons (Fsp3) is 0.176. The van der Waals surface area contributed by atoms with Crippen LogP contribution in [0.25, 0.3) is 0 Å². The molecule has 0 saturated heterocycles. The van der Waals surface area contributed by atoms with Gasteiger partial charge in [-0.2, -0.15) is 0 Å². The number of ether oxygens (including phenoxy) is 1. The van der Waals surface area contributed by atoms with Gasteiger partial charge in [0.2, 0.25) is 0 Å². The number of carbonyl (C=O) groups excluding carboxylic acids is 2. The van der Waals surface area contributed by atoms with Crippen molar-refractivity contribution in [3.05, 3.63) is 53.8 Å². The molecule has 1 heterocycles. The summed E-state index contributed by atoms with van der Waals surface area (Å²) in [6.45, 7) is 1.65. The molecular weight excluding hydrogens is 299 g/mol. The number of rotatable bonds is 2. The number of anilines is 2. The standard InChI is InChI=1S/C17H15FN2O3/c1-10-17(22)20(2)14-8-7-11(9-15(14)23-10)16(21)19-13-6-4-3-5-12(13)18/h3-10H,1-2H3,(H,19,21). The summed E-state index contributed by atoms with van der Waals surface area (Å²) >= 11 is 0. The van der Waals surface area contributed by atoms with Crippen molar-refractivity contribution in [1.82, 2.24) is 0 Å². The number of halogens is 1. The maximum absolute atomic E-state index is 13.6. The SMILES string of the molecule is CC1Oc2cc(C(=O)Nc3ccccc3F)ccc2N(C)C1=O. The highest BCUT2D eigenvalue weighted by molar-refractivity contribution is 6.06. The van der Waals surface area contributed by atoms with E-state index in [0.29, 0.717) is 17.0 Å². The van der Waals surface area contributed by atoms with Crippen molar-refractivity contribution in [2.24, 2.45) is 0 Å². The van der Waals surface area contributed by atoms with Crippen LogP contribution in [0.4, 0.5) is 15.8 Å². The van der Waals surface area contributed by atoms with Gasteiger partial charge in [0.25, 0.3) is 11.8 Å². The summed E-state index contributed by atoms with van der Waals surface area (Å²) in [6, 6.07) is 10.7. The van der Waals surface area contributed by atoms with Crippen LogP contribution < -0.4 is 15.0 Å². The Bertz CT molecular complexity index is 791. The number of nitrogens with one attached hydrogen (secondary N) is 1. The lowest BCUT2D eigenvalue weighted by atomic mass is 10.1. The molecule has 0 aliphatic carbocycles. The van der Waals surface area contributed by atoms with Crippen LogP contribution >= 0.6 is 0 Å². The van der Waals surface area contributed by atoms with Gasteiger partial charge in [0.15, 0.2) is 6.10 Å². The molecular formula is C17H15FN2O3. The van der Waals surface area contributed by atoms with Crippen LogP contribution in [-0.4, -0.2) is 25.0 Å². The lowest BCUT2D eigenvalue weighted by Gasteiger charge is -2.30. The second kappa shape index (κ2) is 5.72. The minimum absolute atomic E-state index is 0.108. The summed E-state index contributed by atoms with van der Waals surface area (Å²) in [6.07, 6.45) is -0.614. The highest BCUT2D eigenvalue weighted by atomic mass is 19.1. The van der Waals surface area contributed by atoms with Gasteiger partial charge < -0.3 is 15.0 Å². The second-order valence-electron chi connectivity index (χ2n) is 5.27. The molecule has 6 heteroatoms. The van der Waals surface area contributed by atoms with Crippen molar-refractivity contribution in [2.75, 3.05) is 17.3 Å².